The third-order valence-electron chi connectivity index (χ3n) is 3.27. The van der Waals surface area contributed by atoms with Crippen molar-refractivity contribution in [2.75, 3.05) is 33.4 Å². The van der Waals surface area contributed by atoms with Gasteiger partial charge in [0.1, 0.15) is 0 Å². The highest BCUT2D eigenvalue weighted by Gasteiger charge is 2.04. The van der Waals surface area contributed by atoms with Gasteiger partial charge in [-0.1, -0.05) is 13.3 Å². The van der Waals surface area contributed by atoms with E-state index in [1.54, 1.807) is 18.4 Å². The van der Waals surface area contributed by atoms with Gasteiger partial charge in [-0.25, -0.2) is 4.98 Å². The summed E-state index contributed by atoms with van der Waals surface area (Å²) in [5, 5.41) is 7.79. The highest BCUT2D eigenvalue weighted by atomic mass is 127. The van der Waals surface area contributed by atoms with E-state index < -0.39 is 0 Å². The predicted molar refractivity (Wildman–Crippen MR) is 110 cm³/mol. The third-order valence-corrected chi connectivity index (χ3v) is 4.40. The van der Waals surface area contributed by atoms with Crippen LogP contribution in [-0.4, -0.2) is 44.3 Å². The van der Waals surface area contributed by atoms with Gasteiger partial charge < -0.3 is 15.4 Å². The Labute approximate surface area is 161 Å². The first-order valence-electron chi connectivity index (χ1n) is 8.12. The van der Waals surface area contributed by atoms with Crippen molar-refractivity contribution in [3.05, 3.63) is 15.6 Å². The summed E-state index contributed by atoms with van der Waals surface area (Å²) in [6.07, 6.45) is 4.32. The molecular formula is C16H31IN4OS. The van der Waals surface area contributed by atoms with E-state index in [9.17, 15) is 0 Å². The average Bonchev–Trinajstić information content (AvgIpc) is 2.82. The Morgan fingerprint density at radius 3 is 2.48 bits per heavy atom. The second kappa shape index (κ2) is 14.0. The second-order valence-corrected chi connectivity index (χ2v) is 6.52. The molecule has 23 heavy (non-hydrogen) atoms. The zero-order valence-electron chi connectivity index (χ0n) is 14.8. The van der Waals surface area contributed by atoms with Gasteiger partial charge in [-0.05, 0) is 26.7 Å². The first-order valence-corrected chi connectivity index (χ1v) is 8.94. The highest BCUT2D eigenvalue weighted by molar-refractivity contribution is 14.0. The number of rotatable bonds is 10. The molecule has 1 aromatic heterocycles. The summed E-state index contributed by atoms with van der Waals surface area (Å²) in [6, 6.07) is 0. The summed E-state index contributed by atoms with van der Waals surface area (Å²) in [4.78, 5) is 10.0. The highest BCUT2D eigenvalue weighted by Crippen LogP contribution is 2.16. The molecule has 1 heterocycles. The number of aryl methyl sites for hydroxylation is 2. The molecule has 0 radical (unpaired) electrons. The van der Waals surface area contributed by atoms with Crippen molar-refractivity contribution in [1.29, 1.82) is 0 Å². The van der Waals surface area contributed by atoms with Crippen LogP contribution < -0.4 is 10.6 Å². The molecule has 1 aromatic rings. The van der Waals surface area contributed by atoms with Gasteiger partial charge in [0.25, 0.3) is 0 Å². The van der Waals surface area contributed by atoms with Crippen LogP contribution in [0.4, 0.5) is 0 Å². The maximum Gasteiger partial charge on any atom is 0.190 e. The number of hydrogen-bond acceptors (Lipinski definition) is 4. The number of unbranched alkanes of at least 4 members (excludes halogenated alkanes) is 1. The Balaban J connectivity index is 0.00000484. The van der Waals surface area contributed by atoms with Crippen LogP contribution in [0, 0.1) is 13.8 Å². The van der Waals surface area contributed by atoms with Gasteiger partial charge in [-0.15, -0.1) is 35.3 Å². The number of nitrogens with zero attached hydrogens (tertiary/aromatic N) is 2. The summed E-state index contributed by atoms with van der Waals surface area (Å²) < 4.78 is 5.54. The van der Waals surface area contributed by atoms with E-state index in [-0.39, 0.29) is 24.0 Å². The molecule has 0 atom stereocenters. The van der Waals surface area contributed by atoms with Crippen molar-refractivity contribution in [2.45, 2.75) is 46.5 Å². The van der Waals surface area contributed by atoms with Gasteiger partial charge in [0.15, 0.2) is 5.96 Å². The van der Waals surface area contributed by atoms with Crippen molar-refractivity contribution < 1.29 is 4.74 Å². The number of guanidine groups is 1. The Morgan fingerprint density at radius 2 is 1.87 bits per heavy atom. The summed E-state index contributed by atoms with van der Waals surface area (Å²) in [7, 11) is 1.80. The molecule has 1 rings (SSSR count). The monoisotopic (exact) mass is 454 g/mol. The van der Waals surface area contributed by atoms with Crippen LogP contribution in [0.25, 0.3) is 0 Å². The topological polar surface area (TPSA) is 58.5 Å². The van der Waals surface area contributed by atoms with Crippen LogP contribution in [0.15, 0.2) is 4.99 Å². The van der Waals surface area contributed by atoms with E-state index in [1.807, 2.05) is 0 Å². The summed E-state index contributed by atoms with van der Waals surface area (Å²) in [5.74, 6) is 0.854. The molecule has 0 amide bonds. The zero-order chi connectivity index (χ0) is 16.2. The van der Waals surface area contributed by atoms with E-state index in [2.05, 4.69) is 41.4 Å². The predicted octanol–water partition coefficient (Wildman–Crippen LogP) is 3.29. The smallest absolute Gasteiger partial charge is 0.190 e. The molecule has 5 nitrogen and oxygen atoms in total. The summed E-state index contributed by atoms with van der Waals surface area (Å²) >= 11 is 1.78. The number of aliphatic imine (C=N–C) groups is 1. The van der Waals surface area contributed by atoms with Gasteiger partial charge >= 0.3 is 0 Å². The van der Waals surface area contributed by atoms with Gasteiger partial charge in [0, 0.05) is 44.6 Å². The number of aromatic nitrogens is 1. The largest absolute Gasteiger partial charge is 0.381 e. The summed E-state index contributed by atoms with van der Waals surface area (Å²) in [6.45, 7) is 9.73. The molecular weight excluding hydrogens is 423 g/mol. The van der Waals surface area contributed by atoms with E-state index in [0.29, 0.717) is 0 Å². The minimum Gasteiger partial charge on any atom is -0.381 e. The molecule has 0 aliphatic rings. The molecule has 0 spiro atoms. The fraction of sp³-hybridized carbons (Fsp3) is 0.750. The lowest BCUT2D eigenvalue weighted by Crippen LogP contribution is -2.39. The van der Waals surface area contributed by atoms with Crippen LogP contribution in [0.2, 0.25) is 0 Å². The lowest BCUT2D eigenvalue weighted by molar-refractivity contribution is 0.129. The van der Waals surface area contributed by atoms with Crippen molar-refractivity contribution in [3.8, 4) is 0 Å². The SMILES string of the molecule is CCCCOCCCNC(=NC)NCCc1sc(C)nc1C.I. The van der Waals surface area contributed by atoms with Gasteiger partial charge in [-0.3, -0.25) is 4.99 Å². The van der Waals surface area contributed by atoms with E-state index in [1.165, 1.54) is 11.3 Å². The normalized spacial score (nSPS) is 11.2. The van der Waals surface area contributed by atoms with Crippen LogP contribution >= 0.6 is 35.3 Å². The molecule has 0 fully saturated rings. The van der Waals surface area contributed by atoms with Crippen molar-refractivity contribution in [3.63, 3.8) is 0 Å². The standard InChI is InChI=1S/C16H30N4OS.HI/c1-5-6-11-21-12-7-9-18-16(17-4)19-10-8-15-13(2)20-14(3)22-15;/h5-12H2,1-4H3,(H2,17,18,19);1H. The molecule has 134 valence electrons. The minimum absolute atomic E-state index is 0. The number of halogens is 1. The molecule has 0 aromatic carbocycles. The molecule has 0 unspecified atom stereocenters. The molecule has 7 heteroatoms. The number of hydrogen-bond donors (Lipinski definition) is 2. The molecule has 2 N–H and O–H groups in total. The lowest BCUT2D eigenvalue weighted by atomic mass is 10.3. The maximum absolute atomic E-state index is 5.54. The van der Waals surface area contributed by atoms with Crippen LogP contribution in [0.5, 0.6) is 0 Å². The van der Waals surface area contributed by atoms with Gasteiger partial charge in [-0.2, -0.15) is 0 Å². The first-order chi connectivity index (χ1) is 10.7. The summed E-state index contributed by atoms with van der Waals surface area (Å²) in [5.41, 5.74) is 1.15. The number of nitrogens with one attached hydrogen (secondary N) is 2. The second-order valence-electron chi connectivity index (χ2n) is 5.24. The van der Waals surface area contributed by atoms with Crippen LogP contribution in [0.1, 0.15) is 41.8 Å². The molecule has 0 aliphatic heterocycles. The quantitative estimate of drug-likeness (QED) is 0.247. The molecule has 0 saturated carbocycles. The molecule has 0 saturated heterocycles. The van der Waals surface area contributed by atoms with E-state index in [0.717, 1.165) is 62.2 Å². The van der Waals surface area contributed by atoms with Crippen molar-refractivity contribution >= 4 is 41.3 Å². The fourth-order valence-electron chi connectivity index (χ4n) is 2.05. The number of thiazole rings is 1. The molecule has 0 aliphatic carbocycles. The Hall–Kier alpha value is -0.410. The van der Waals surface area contributed by atoms with Crippen molar-refractivity contribution in [1.82, 2.24) is 15.6 Å². The van der Waals surface area contributed by atoms with Crippen molar-refractivity contribution in [2.24, 2.45) is 4.99 Å². The van der Waals surface area contributed by atoms with E-state index in [4.69, 9.17) is 4.74 Å². The number of ether oxygens (including phenoxy) is 1. The Kier molecular flexibility index (Phi) is 13.7. The minimum atomic E-state index is 0. The Bertz CT molecular complexity index is 451. The van der Waals surface area contributed by atoms with Crippen LogP contribution in [0.3, 0.4) is 0 Å². The third kappa shape index (κ3) is 10.1. The van der Waals surface area contributed by atoms with Gasteiger partial charge in [0.05, 0.1) is 10.7 Å². The van der Waals surface area contributed by atoms with Gasteiger partial charge in [0.2, 0.25) is 0 Å². The average molecular weight is 454 g/mol. The maximum atomic E-state index is 5.54. The Morgan fingerprint density at radius 1 is 1.17 bits per heavy atom. The zero-order valence-corrected chi connectivity index (χ0v) is 17.9. The first kappa shape index (κ1) is 22.6. The van der Waals surface area contributed by atoms with E-state index >= 15 is 0 Å². The van der Waals surface area contributed by atoms with Crippen LogP contribution in [-0.2, 0) is 11.2 Å². The molecule has 0 bridgehead atoms. The fourth-order valence-corrected chi connectivity index (χ4v) is 2.99. The lowest BCUT2D eigenvalue weighted by Gasteiger charge is -2.11.